The molecule has 0 aliphatic carbocycles. The van der Waals surface area contributed by atoms with Crippen LogP contribution in [-0.2, 0) is 27.8 Å². The monoisotopic (exact) mass is 446 g/mol. The second-order valence-corrected chi connectivity index (χ2v) is 8.98. The minimum absolute atomic E-state index is 0.00283. The van der Waals surface area contributed by atoms with Gasteiger partial charge in [-0.1, -0.05) is 36.0 Å². The van der Waals surface area contributed by atoms with Crippen LogP contribution in [0.1, 0.15) is 12.5 Å². The Labute approximate surface area is 179 Å². The molecule has 0 fully saturated rings. The minimum Gasteiger partial charge on any atom is -0.497 e. The molecule has 0 atom stereocenters. The van der Waals surface area contributed by atoms with Crippen LogP contribution in [0, 0.1) is 0 Å². The molecule has 3 aromatic rings. The van der Waals surface area contributed by atoms with Crippen molar-refractivity contribution in [1.29, 1.82) is 0 Å². The standard InChI is InChI=1S/C20H22N4O4S2/c1-3-24-19(15-5-4-6-17(12-15)28-2)22-23-20(24)29-13-16(25)11-14-7-9-18(10-8-14)30(21,26)27/h4-10,12H,3,11,13H2,1-2H3,(H2,21,26,27). The molecule has 0 saturated heterocycles. The third-order valence-electron chi connectivity index (χ3n) is 4.38. The van der Waals surface area contributed by atoms with Gasteiger partial charge >= 0.3 is 0 Å². The maximum absolute atomic E-state index is 12.4. The third kappa shape index (κ3) is 5.26. The lowest BCUT2D eigenvalue weighted by molar-refractivity contribution is -0.116. The molecule has 1 aromatic heterocycles. The zero-order chi connectivity index (χ0) is 21.7. The molecule has 0 aliphatic heterocycles. The van der Waals surface area contributed by atoms with Crippen LogP contribution in [0.15, 0.2) is 58.6 Å². The predicted octanol–water partition coefficient (Wildman–Crippen LogP) is 2.52. The number of aromatic nitrogens is 3. The maximum Gasteiger partial charge on any atom is 0.238 e. The summed E-state index contributed by atoms with van der Waals surface area (Å²) in [5, 5.41) is 14.3. The molecule has 30 heavy (non-hydrogen) atoms. The van der Waals surface area contributed by atoms with Gasteiger partial charge in [0.15, 0.2) is 11.0 Å². The number of primary sulfonamides is 1. The van der Waals surface area contributed by atoms with Crippen molar-refractivity contribution in [3.05, 3.63) is 54.1 Å². The van der Waals surface area contributed by atoms with Gasteiger partial charge in [0, 0.05) is 18.5 Å². The van der Waals surface area contributed by atoms with Crippen LogP contribution in [-0.4, -0.2) is 41.8 Å². The van der Waals surface area contributed by atoms with Crippen molar-refractivity contribution in [3.8, 4) is 17.1 Å². The van der Waals surface area contributed by atoms with Crippen LogP contribution in [0.4, 0.5) is 0 Å². The van der Waals surface area contributed by atoms with Gasteiger partial charge in [-0.3, -0.25) is 4.79 Å². The maximum atomic E-state index is 12.4. The van der Waals surface area contributed by atoms with E-state index in [4.69, 9.17) is 9.88 Å². The molecule has 10 heteroatoms. The molecule has 158 valence electrons. The summed E-state index contributed by atoms with van der Waals surface area (Å²) >= 11 is 1.32. The van der Waals surface area contributed by atoms with E-state index in [1.165, 1.54) is 23.9 Å². The summed E-state index contributed by atoms with van der Waals surface area (Å²) in [6.07, 6.45) is 0.195. The van der Waals surface area contributed by atoms with Crippen LogP contribution < -0.4 is 9.88 Å². The number of rotatable bonds is 9. The summed E-state index contributed by atoms with van der Waals surface area (Å²) in [6, 6.07) is 13.6. The van der Waals surface area contributed by atoms with Crippen LogP contribution >= 0.6 is 11.8 Å². The number of carbonyl (C=O) groups excluding carboxylic acids is 1. The van der Waals surface area contributed by atoms with Gasteiger partial charge in [-0.2, -0.15) is 0 Å². The zero-order valence-corrected chi connectivity index (χ0v) is 18.2. The molecule has 2 aromatic carbocycles. The van der Waals surface area contributed by atoms with Crippen LogP contribution in [0.3, 0.4) is 0 Å². The fourth-order valence-electron chi connectivity index (χ4n) is 2.88. The number of nitrogens with two attached hydrogens (primary N) is 1. The lowest BCUT2D eigenvalue weighted by Gasteiger charge is -2.08. The first-order valence-corrected chi connectivity index (χ1v) is 11.7. The molecule has 1 heterocycles. The number of nitrogens with zero attached hydrogens (tertiary/aromatic N) is 3. The average molecular weight is 447 g/mol. The largest absolute Gasteiger partial charge is 0.497 e. The number of ether oxygens (including phenoxy) is 1. The second kappa shape index (κ2) is 9.41. The highest BCUT2D eigenvalue weighted by molar-refractivity contribution is 7.99. The molecular formula is C20H22N4O4S2. The fraction of sp³-hybridized carbons (Fsp3) is 0.250. The molecule has 0 unspecified atom stereocenters. The van der Waals surface area contributed by atoms with Gasteiger partial charge in [0.05, 0.1) is 17.8 Å². The van der Waals surface area contributed by atoms with E-state index in [9.17, 15) is 13.2 Å². The predicted molar refractivity (Wildman–Crippen MR) is 115 cm³/mol. The Morgan fingerprint density at radius 3 is 2.53 bits per heavy atom. The van der Waals surface area contributed by atoms with Crippen molar-refractivity contribution in [2.75, 3.05) is 12.9 Å². The highest BCUT2D eigenvalue weighted by atomic mass is 32.2. The van der Waals surface area contributed by atoms with E-state index in [0.29, 0.717) is 17.5 Å². The molecule has 0 amide bonds. The normalized spacial score (nSPS) is 11.4. The number of methoxy groups -OCH3 is 1. The van der Waals surface area contributed by atoms with E-state index in [0.717, 1.165) is 16.9 Å². The Hall–Kier alpha value is -2.69. The van der Waals surface area contributed by atoms with Gasteiger partial charge in [-0.15, -0.1) is 10.2 Å². The molecule has 0 spiro atoms. The smallest absolute Gasteiger partial charge is 0.238 e. The summed E-state index contributed by atoms with van der Waals surface area (Å²) in [4.78, 5) is 12.4. The molecule has 0 saturated carbocycles. The van der Waals surface area contributed by atoms with Crippen molar-refractivity contribution in [2.45, 2.75) is 29.9 Å². The summed E-state index contributed by atoms with van der Waals surface area (Å²) in [7, 11) is -2.13. The average Bonchev–Trinajstić information content (AvgIpc) is 3.15. The van der Waals surface area contributed by atoms with Gasteiger partial charge in [0.25, 0.3) is 0 Å². The van der Waals surface area contributed by atoms with Crippen molar-refractivity contribution >= 4 is 27.6 Å². The number of benzene rings is 2. The summed E-state index contributed by atoms with van der Waals surface area (Å²) in [5.74, 6) is 1.67. The molecular weight excluding hydrogens is 424 g/mol. The third-order valence-corrected chi connectivity index (χ3v) is 6.33. The van der Waals surface area contributed by atoms with Crippen molar-refractivity contribution in [3.63, 3.8) is 0 Å². The number of sulfonamides is 1. The van der Waals surface area contributed by atoms with Gasteiger partial charge < -0.3 is 9.30 Å². The quantitative estimate of drug-likeness (QED) is 0.502. The first-order valence-electron chi connectivity index (χ1n) is 9.15. The molecule has 0 bridgehead atoms. The minimum atomic E-state index is -3.74. The molecule has 3 rings (SSSR count). The second-order valence-electron chi connectivity index (χ2n) is 6.48. The van der Waals surface area contributed by atoms with Crippen molar-refractivity contribution in [1.82, 2.24) is 14.8 Å². The van der Waals surface area contributed by atoms with Crippen LogP contribution in [0.25, 0.3) is 11.4 Å². The summed E-state index contributed by atoms with van der Waals surface area (Å²) in [6.45, 7) is 2.65. The first kappa shape index (κ1) is 22.0. The van der Waals surface area contributed by atoms with E-state index < -0.39 is 10.0 Å². The number of carbonyl (C=O) groups is 1. The van der Waals surface area contributed by atoms with Crippen molar-refractivity contribution < 1.29 is 17.9 Å². The topological polar surface area (TPSA) is 117 Å². The Morgan fingerprint density at radius 1 is 1.17 bits per heavy atom. The first-order chi connectivity index (χ1) is 14.3. The van der Waals surface area contributed by atoms with Gasteiger partial charge in [0.1, 0.15) is 11.5 Å². The highest BCUT2D eigenvalue weighted by Gasteiger charge is 2.15. The van der Waals surface area contributed by atoms with E-state index in [1.807, 2.05) is 35.8 Å². The van der Waals surface area contributed by atoms with Crippen LogP contribution in [0.2, 0.25) is 0 Å². The van der Waals surface area contributed by atoms with E-state index in [1.54, 1.807) is 19.2 Å². The van der Waals surface area contributed by atoms with Gasteiger partial charge in [-0.05, 0) is 36.8 Å². The highest BCUT2D eigenvalue weighted by Crippen LogP contribution is 2.26. The fourth-order valence-corrected chi connectivity index (χ4v) is 4.25. The lowest BCUT2D eigenvalue weighted by Crippen LogP contribution is -2.12. The Kier molecular flexibility index (Phi) is 6.91. The number of Topliss-reactive ketones (excluding diaryl/α,β-unsaturated/α-hetero) is 1. The number of hydrogen-bond acceptors (Lipinski definition) is 7. The van der Waals surface area contributed by atoms with Gasteiger partial charge in [-0.25, -0.2) is 13.6 Å². The zero-order valence-electron chi connectivity index (χ0n) is 16.6. The SMILES string of the molecule is CCn1c(SCC(=O)Cc2ccc(S(N)(=O)=O)cc2)nnc1-c1cccc(OC)c1. The van der Waals surface area contributed by atoms with E-state index in [-0.39, 0.29) is 22.9 Å². The Balaban J connectivity index is 1.67. The van der Waals surface area contributed by atoms with Crippen LogP contribution in [0.5, 0.6) is 5.75 Å². The lowest BCUT2D eigenvalue weighted by atomic mass is 10.1. The van der Waals surface area contributed by atoms with Crippen molar-refractivity contribution in [2.24, 2.45) is 5.14 Å². The Bertz CT molecular complexity index is 1140. The summed E-state index contributed by atoms with van der Waals surface area (Å²) < 4.78 is 29.8. The van der Waals surface area contributed by atoms with E-state index in [2.05, 4.69) is 10.2 Å². The number of ketones is 1. The molecule has 0 radical (unpaired) electrons. The molecule has 8 nitrogen and oxygen atoms in total. The number of thioether (sulfide) groups is 1. The molecule has 2 N–H and O–H groups in total. The summed E-state index contributed by atoms with van der Waals surface area (Å²) in [5.41, 5.74) is 1.61. The van der Waals surface area contributed by atoms with E-state index >= 15 is 0 Å². The molecule has 0 aliphatic rings. The van der Waals surface area contributed by atoms with Gasteiger partial charge in [0.2, 0.25) is 10.0 Å². The number of hydrogen-bond donors (Lipinski definition) is 1. The Morgan fingerprint density at radius 2 is 1.90 bits per heavy atom.